The topological polar surface area (TPSA) is 75.4 Å². The summed E-state index contributed by atoms with van der Waals surface area (Å²) in [5.41, 5.74) is -0.344. The Morgan fingerprint density at radius 3 is 2.50 bits per heavy atom. The van der Waals surface area contributed by atoms with Crippen molar-refractivity contribution in [3.8, 4) is 11.3 Å². The highest BCUT2D eigenvalue weighted by Gasteiger charge is 2.49. The van der Waals surface area contributed by atoms with Gasteiger partial charge in [0.05, 0.1) is 24.2 Å². The Morgan fingerprint density at radius 2 is 1.93 bits per heavy atom. The average Bonchev–Trinajstić information content (AvgIpc) is 2.66. The lowest BCUT2D eigenvalue weighted by Crippen LogP contribution is -2.61. The van der Waals surface area contributed by atoms with Gasteiger partial charge in [-0.25, -0.2) is 4.98 Å². The molecule has 6 nitrogen and oxygen atoms in total. The fraction of sp³-hybridized carbons (Fsp3) is 0.500. The van der Waals surface area contributed by atoms with E-state index in [1.54, 1.807) is 0 Å². The molecule has 0 radical (unpaired) electrons. The largest absolute Gasteiger partial charge is 0.387 e. The van der Waals surface area contributed by atoms with E-state index in [0.717, 1.165) is 5.56 Å². The first kappa shape index (κ1) is 20.3. The highest BCUT2D eigenvalue weighted by atomic mass is 16.3. The summed E-state index contributed by atoms with van der Waals surface area (Å²) < 4.78 is 1.47. The van der Waals surface area contributed by atoms with Crippen molar-refractivity contribution in [1.29, 1.82) is 0 Å². The first-order chi connectivity index (χ1) is 13.1. The fourth-order valence-electron chi connectivity index (χ4n) is 3.80. The van der Waals surface area contributed by atoms with Crippen LogP contribution in [-0.2, 0) is 11.3 Å². The van der Waals surface area contributed by atoms with E-state index in [-0.39, 0.29) is 23.9 Å². The zero-order valence-corrected chi connectivity index (χ0v) is 17.1. The third-order valence-corrected chi connectivity index (χ3v) is 5.83. The van der Waals surface area contributed by atoms with Gasteiger partial charge in [-0.2, -0.15) is 0 Å². The predicted molar refractivity (Wildman–Crippen MR) is 109 cm³/mol. The highest BCUT2D eigenvalue weighted by molar-refractivity contribution is 5.78. The molecule has 150 valence electrons. The Kier molecular flexibility index (Phi) is 5.44. The van der Waals surface area contributed by atoms with Gasteiger partial charge in [-0.05, 0) is 6.42 Å². The monoisotopic (exact) mass is 383 g/mol. The number of benzene rings is 1. The minimum atomic E-state index is -1.10. The molecule has 1 aliphatic rings. The van der Waals surface area contributed by atoms with Crippen LogP contribution in [-0.4, -0.2) is 44.2 Å². The zero-order chi connectivity index (χ0) is 20.5. The molecular weight excluding hydrogens is 354 g/mol. The van der Waals surface area contributed by atoms with Gasteiger partial charge >= 0.3 is 0 Å². The van der Waals surface area contributed by atoms with E-state index in [1.165, 1.54) is 17.0 Å². The number of likely N-dealkylation sites (tertiary alicyclic amines) is 1. The number of hydrogen-bond donors (Lipinski definition) is 1. The molecule has 3 rings (SSSR count). The molecule has 2 heterocycles. The second kappa shape index (κ2) is 7.51. The number of amides is 1. The molecule has 6 heteroatoms. The first-order valence-electron chi connectivity index (χ1n) is 9.76. The Hall–Kier alpha value is -2.47. The normalized spacial score (nSPS) is 21.7. The molecule has 1 fully saturated rings. The van der Waals surface area contributed by atoms with Gasteiger partial charge in [0.15, 0.2) is 0 Å². The Labute approximate surface area is 165 Å². The van der Waals surface area contributed by atoms with Gasteiger partial charge in [0.1, 0.15) is 0 Å². The third-order valence-electron chi connectivity index (χ3n) is 5.83. The number of hydrogen-bond acceptors (Lipinski definition) is 4. The van der Waals surface area contributed by atoms with Gasteiger partial charge in [0, 0.05) is 36.1 Å². The van der Waals surface area contributed by atoms with Crippen LogP contribution in [0.3, 0.4) is 0 Å². The lowest BCUT2D eigenvalue weighted by molar-refractivity contribution is -0.156. The van der Waals surface area contributed by atoms with Crippen LogP contribution in [0.4, 0.5) is 0 Å². The smallest absolute Gasteiger partial charge is 0.253 e. The van der Waals surface area contributed by atoms with Gasteiger partial charge < -0.3 is 10.0 Å². The molecule has 28 heavy (non-hydrogen) atoms. The molecule has 1 saturated heterocycles. The molecule has 0 bridgehead atoms. The molecule has 1 N–H and O–H groups in total. The molecule has 1 unspecified atom stereocenters. The fourth-order valence-corrected chi connectivity index (χ4v) is 3.80. The standard InChI is InChI=1S/C22H29N3O3/c1-16(2)20(27)24-11-10-22(28,21(3,4)13-24)14-25-15-23-18(12-19(25)26)17-8-6-5-7-9-17/h5-9,12,15-16,28H,10-11,13-14H2,1-4H3. The number of carbonyl (C=O) groups is 1. The molecule has 1 atom stereocenters. The third kappa shape index (κ3) is 3.87. The van der Waals surface area contributed by atoms with Crippen LogP contribution in [0.1, 0.15) is 34.1 Å². The van der Waals surface area contributed by atoms with E-state index in [4.69, 9.17) is 0 Å². The highest BCUT2D eigenvalue weighted by Crippen LogP contribution is 2.40. The predicted octanol–water partition coefficient (Wildman–Crippen LogP) is 2.56. The SMILES string of the molecule is CC(C)C(=O)N1CCC(O)(Cn2cnc(-c3ccccc3)cc2=O)C(C)(C)C1. The van der Waals surface area contributed by atoms with E-state index < -0.39 is 11.0 Å². The maximum atomic E-state index is 12.6. The molecule has 2 aromatic rings. The summed E-state index contributed by atoms with van der Waals surface area (Å²) in [5, 5.41) is 11.4. The van der Waals surface area contributed by atoms with Crippen LogP contribution in [0.2, 0.25) is 0 Å². The van der Waals surface area contributed by atoms with Gasteiger partial charge in [0.2, 0.25) is 5.91 Å². The molecule has 1 aromatic heterocycles. The first-order valence-corrected chi connectivity index (χ1v) is 9.76. The van der Waals surface area contributed by atoms with Crippen molar-refractivity contribution < 1.29 is 9.90 Å². The van der Waals surface area contributed by atoms with Crippen molar-refractivity contribution in [2.24, 2.45) is 11.3 Å². The van der Waals surface area contributed by atoms with Gasteiger partial charge in [-0.3, -0.25) is 14.2 Å². The van der Waals surface area contributed by atoms with E-state index in [9.17, 15) is 14.7 Å². The Balaban J connectivity index is 1.81. The number of rotatable bonds is 4. The Morgan fingerprint density at radius 1 is 1.25 bits per heavy atom. The maximum absolute atomic E-state index is 12.6. The number of aliphatic hydroxyl groups is 1. The summed E-state index contributed by atoms with van der Waals surface area (Å²) in [6.45, 7) is 8.77. The second-order valence-electron chi connectivity index (χ2n) is 8.69. The van der Waals surface area contributed by atoms with Crippen LogP contribution in [0.15, 0.2) is 47.5 Å². The lowest BCUT2D eigenvalue weighted by Gasteiger charge is -2.50. The summed E-state index contributed by atoms with van der Waals surface area (Å²) in [5.74, 6) is 0.0283. The molecular formula is C22H29N3O3. The summed E-state index contributed by atoms with van der Waals surface area (Å²) in [7, 11) is 0. The van der Waals surface area contributed by atoms with Crippen LogP contribution in [0.25, 0.3) is 11.3 Å². The minimum Gasteiger partial charge on any atom is -0.387 e. The molecule has 1 amide bonds. The maximum Gasteiger partial charge on any atom is 0.253 e. The van der Waals surface area contributed by atoms with Crippen molar-refractivity contribution in [1.82, 2.24) is 14.5 Å². The molecule has 1 aliphatic heterocycles. The van der Waals surface area contributed by atoms with E-state index in [0.29, 0.717) is 25.2 Å². The molecule has 1 aromatic carbocycles. The summed E-state index contributed by atoms with van der Waals surface area (Å²) in [6, 6.07) is 11.0. The summed E-state index contributed by atoms with van der Waals surface area (Å²) in [6.07, 6.45) is 1.93. The minimum absolute atomic E-state index is 0.0701. The van der Waals surface area contributed by atoms with Crippen LogP contribution in [0, 0.1) is 11.3 Å². The second-order valence-corrected chi connectivity index (χ2v) is 8.69. The zero-order valence-electron chi connectivity index (χ0n) is 17.1. The summed E-state index contributed by atoms with van der Waals surface area (Å²) >= 11 is 0. The number of nitrogens with zero attached hydrogens (tertiary/aromatic N) is 3. The van der Waals surface area contributed by atoms with Crippen LogP contribution >= 0.6 is 0 Å². The van der Waals surface area contributed by atoms with E-state index in [1.807, 2.05) is 62.9 Å². The van der Waals surface area contributed by atoms with E-state index in [2.05, 4.69) is 4.98 Å². The molecule has 0 saturated carbocycles. The van der Waals surface area contributed by atoms with Crippen molar-refractivity contribution in [2.75, 3.05) is 13.1 Å². The molecule has 0 aliphatic carbocycles. The van der Waals surface area contributed by atoms with Gasteiger partial charge in [0.25, 0.3) is 5.56 Å². The van der Waals surface area contributed by atoms with Gasteiger partial charge in [-0.15, -0.1) is 0 Å². The van der Waals surface area contributed by atoms with Crippen molar-refractivity contribution in [2.45, 2.75) is 46.3 Å². The number of piperidine rings is 1. The van der Waals surface area contributed by atoms with Crippen LogP contribution < -0.4 is 5.56 Å². The average molecular weight is 383 g/mol. The van der Waals surface area contributed by atoms with Crippen molar-refractivity contribution in [3.05, 3.63) is 53.1 Å². The summed E-state index contributed by atoms with van der Waals surface area (Å²) in [4.78, 5) is 31.2. The Bertz CT molecular complexity index is 905. The van der Waals surface area contributed by atoms with Crippen molar-refractivity contribution >= 4 is 5.91 Å². The number of aromatic nitrogens is 2. The van der Waals surface area contributed by atoms with Crippen molar-refractivity contribution in [3.63, 3.8) is 0 Å². The number of carbonyl (C=O) groups excluding carboxylic acids is 1. The quantitative estimate of drug-likeness (QED) is 0.880. The lowest BCUT2D eigenvalue weighted by atomic mass is 9.69. The molecule has 0 spiro atoms. The van der Waals surface area contributed by atoms with Gasteiger partial charge in [-0.1, -0.05) is 58.0 Å². The van der Waals surface area contributed by atoms with Crippen LogP contribution in [0.5, 0.6) is 0 Å². The van der Waals surface area contributed by atoms with E-state index >= 15 is 0 Å².